The third kappa shape index (κ3) is 8.74. The van der Waals surface area contributed by atoms with Crippen LogP contribution < -0.4 is 20.4 Å². The van der Waals surface area contributed by atoms with Crippen molar-refractivity contribution in [1.82, 2.24) is 9.55 Å². The minimum Gasteiger partial charge on any atom is -0.494 e. The molecule has 250 valence electrons. The molecule has 0 saturated carbocycles. The standard InChI is InChI=1S/C37H45F2N5O3/c1-26-19-30(24-31(20-26)47-18-12-7-5-6-9-15-44(4)16-10-8-11-17-44)43-25-33(37(46)40-29-22-27(38)21-28(39)23-29)35(45)32-13-14-34(42(2)3)41-36(32)43/h13-14,19-25H,5-12,15-18H2,1-4H3/p+1. The van der Waals surface area contributed by atoms with E-state index in [2.05, 4.69) is 12.4 Å². The lowest BCUT2D eigenvalue weighted by molar-refractivity contribution is -0.914. The number of amides is 1. The zero-order valence-corrected chi connectivity index (χ0v) is 28.0. The quantitative estimate of drug-likeness (QED) is 0.122. The van der Waals surface area contributed by atoms with Gasteiger partial charge in [-0.05, 0) is 87.4 Å². The van der Waals surface area contributed by atoms with Gasteiger partial charge < -0.3 is 24.0 Å². The van der Waals surface area contributed by atoms with Crippen LogP contribution in [0.1, 0.15) is 67.3 Å². The van der Waals surface area contributed by atoms with Gasteiger partial charge in [0.15, 0.2) is 5.65 Å². The molecule has 1 fully saturated rings. The van der Waals surface area contributed by atoms with E-state index in [0.29, 0.717) is 35.6 Å². The normalized spacial score (nSPS) is 14.3. The summed E-state index contributed by atoms with van der Waals surface area (Å²) < 4.78 is 36.7. The van der Waals surface area contributed by atoms with Crippen LogP contribution in [0.4, 0.5) is 20.3 Å². The number of hydrogen-bond acceptors (Lipinski definition) is 5. The molecule has 47 heavy (non-hydrogen) atoms. The van der Waals surface area contributed by atoms with Gasteiger partial charge in [-0.3, -0.25) is 9.59 Å². The summed E-state index contributed by atoms with van der Waals surface area (Å²) in [6, 6.07) is 11.8. The fraction of sp³-hybridized carbons (Fsp3) is 0.432. The van der Waals surface area contributed by atoms with Gasteiger partial charge in [0.05, 0.1) is 44.4 Å². The Balaban J connectivity index is 1.33. The van der Waals surface area contributed by atoms with Gasteiger partial charge in [0.2, 0.25) is 5.43 Å². The molecular formula is C37H46F2N5O3+. The number of anilines is 2. The lowest BCUT2D eigenvalue weighted by Crippen LogP contribution is -2.48. The number of unbranched alkanes of at least 4 members (excludes halogenated alkanes) is 4. The predicted octanol–water partition coefficient (Wildman–Crippen LogP) is 7.25. The number of aryl methyl sites for hydroxylation is 1. The van der Waals surface area contributed by atoms with Gasteiger partial charge in [-0.25, -0.2) is 13.8 Å². The summed E-state index contributed by atoms with van der Waals surface area (Å²) in [5.74, 6) is -1.16. The second-order valence-corrected chi connectivity index (χ2v) is 13.3. The summed E-state index contributed by atoms with van der Waals surface area (Å²) >= 11 is 0. The maximum absolute atomic E-state index is 13.8. The number of carbonyl (C=O) groups excluding carboxylic acids is 1. The minimum atomic E-state index is -0.840. The second kappa shape index (κ2) is 15.1. The number of pyridine rings is 2. The van der Waals surface area contributed by atoms with Gasteiger partial charge in [-0.2, -0.15) is 0 Å². The van der Waals surface area contributed by atoms with Crippen molar-refractivity contribution in [2.45, 2.75) is 58.3 Å². The summed E-state index contributed by atoms with van der Waals surface area (Å²) in [6.07, 6.45) is 11.3. The number of benzene rings is 2. The van der Waals surface area contributed by atoms with Crippen LogP contribution in [0.15, 0.2) is 59.5 Å². The van der Waals surface area contributed by atoms with Crippen molar-refractivity contribution in [1.29, 1.82) is 0 Å². The molecule has 3 heterocycles. The Morgan fingerprint density at radius 1 is 0.957 bits per heavy atom. The van der Waals surface area contributed by atoms with Crippen LogP contribution in [-0.4, -0.2) is 67.3 Å². The number of piperidine rings is 1. The van der Waals surface area contributed by atoms with Crippen LogP contribution >= 0.6 is 0 Å². The Hall–Kier alpha value is -4.31. The number of carbonyl (C=O) groups is 1. The van der Waals surface area contributed by atoms with Gasteiger partial charge in [0.25, 0.3) is 5.91 Å². The van der Waals surface area contributed by atoms with Crippen molar-refractivity contribution < 1.29 is 22.8 Å². The first-order valence-corrected chi connectivity index (χ1v) is 16.6. The van der Waals surface area contributed by atoms with Crippen molar-refractivity contribution in [2.75, 3.05) is 57.6 Å². The maximum Gasteiger partial charge on any atom is 0.261 e. The molecule has 1 aliphatic heterocycles. The van der Waals surface area contributed by atoms with Crippen LogP contribution in [0.5, 0.6) is 5.75 Å². The lowest BCUT2D eigenvalue weighted by Gasteiger charge is -2.37. The molecule has 2 aromatic heterocycles. The summed E-state index contributed by atoms with van der Waals surface area (Å²) in [6.45, 7) is 6.46. The van der Waals surface area contributed by atoms with Crippen molar-refractivity contribution in [3.05, 3.63) is 87.7 Å². The zero-order valence-electron chi connectivity index (χ0n) is 28.0. The molecule has 1 aliphatic rings. The molecule has 0 atom stereocenters. The largest absolute Gasteiger partial charge is 0.494 e. The monoisotopic (exact) mass is 646 g/mol. The van der Waals surface area contributed by atoms with Crippen LogP contribution in [-0.2, 0) is 0 Å². The molecule has 0 unspecified atom stereocenters. The van der Waals surface area contributed by atoms with Gasteiger partial charge in [-0.15, -0.1) is 0 Å². The highest BCUT2D eigenvalue weighted by molar-refractivity contribution is 6.05. The molecule has 0 spiro atoms. The number of quaternary nitrogens is 1. The number of fused-ring (bicyclic) bond motifs is 1. The van der Waals surface area contributed by atoms with Crippen molar-refractivity contribution >= 4 is 28.4 Å². The molecule has 1 amide bonds. The fourth-order valence-corrected chi connectivity index (χ4v) is 6.39. The van der Waals surface area contributed by atoms with Crippen molar-refractivity contribution in [2.24, 2.45) is 0 Å². The number of hydrogen-bond donors (Lipinski definition) is 1. The number of nitrogens with one attached hydrogen (secondary N) is 1. The fourth-order valence-electron chi connectivity index (χ4n) is 6.39. The van der Waals surface area contributed by atoms with Crippen molar-refractivity contribution in [3.63, 3.8) is 0 Å². The molecule has 0 bridgehead atoms. The molecule has 10 heteroatoms. The maximum atomic E-state index is 13.8. The number of nitrogens with zero attached hydrogens (tertiary/aromatic N) is 4. The Morgan fingerprint density at radius 2 is 1.66 bits per heavy atom. The second-order valence-electron chi connectivity index (χ2n) is 13.3. The lowest BCUT2D eigenvalue weighted by atomic mass is 10.1. The van der Waals surface area contributed by atoms with E-state index in [1.807, 2.05) is 44.1 Å². The average Bonchev–Trinajstić information content (AvgIpc) is 3.01. The van der Waals surface area contributed by atoms with E-state index in [1.165, 1.54) is 68.8 Å². The van der Waals surface area contributed by atoms with Crippen LogP contribution in [0, 0.1) is 18.6 Å². The summed E-state index contributed by atoms with van der Waals surface area (Å²) in [5.41, 5.74) is 1.13. The molecule has 8 nitrogen and oxygen atoms in total. The Bertz CT molecular complexity index is 1760. The smallest absolute Gasteiger partial charge is 0.261 e. The van der Waals surface area contributed by atoms with Gasteiger partial charge in [0, 0.05) is 38.1 Å². The summed E-state index contributed by atoms with van der Waals surface area (Å²) in [4.78, 5) is 33.5. The molecule has 1 N–H and O–H groups in total. The number of halogens is 2. The van der Waals surface area contributed by atoms with E-state index in [0.717, 1.165) is 30.5 Å². The van der Waals surface area contributed by atoms with Gasteiger partial charge in [-0.1, -0.05) is 12.8 Å². The molecular weight excluding hydrogens is 600 g/mol. The van der Waals surface area contributed by atoms with E-state index in [-0.39, 0.29) is 16.6 Å². The van der Waals surface area contributed by atoms with Crippen LogP contribution in [0.2, 0.25) is 0 Å². The van der Waals surface area contributed by atoms with E-state index in [9.17, 15) is 18.4 Å². The molecule has 1 saturated heterocycles. The Labute approximate surface area is 275 Å². The third-order valence-electron chi connectivity index (χ3n) is 8.98. The van der Waals surface area contributed by atoms with E-state index >= 15 is 0 Å². The highest BCUT2D eigenvalue weighted by Gasteiger charge is 2.23. The number of ether oxygens (including phenoxy) is 1. The first kappa shape index (κ1) is 34.0. The number of aromatic nitrogens is 2. The predicted molar refractivity (Wildman–Crippen MR) is 184 cm³/mol. The van der Waals surface area contributed by atoms with E-state index in [4.69, 9.17) is 9.72 Å². The van der Waals surface area contributed by atoms with Gasteiger partial charge in [0.1, 0.15) is 28.8 Å². The Kier molecular flexibility index (Phi) is 10.9. The topological polar surface area (TPSA) is 76.5 Å². The third-order valence-corrected chi connectivity index (χ3v) is 8.98. The highest BCUT2D eigenvalue weighted by atomic mass is 19.1. The number of rotatable bonds is 13. The number of likely N-dealkylation sites (tertiary alicyclic amines) is 1. The zero-order chi connectivity index (χ0) is 33.6. The van der Waals surface area contributed by atoms with E-state index < -0.39 is 23.0 Å². The molecule has 0 radical (unpaired) electrons. The Morgan fingerprint density at radius 3 is 2.38 bits per heavy atom. The molecule has 5 rings (SSSR count). The molecule has 0 aliphatic carbocycles. The summed E-state index contributed by atoms with van der Waals surface area (Å²) in [7, 11) is 6.11. The average molecular weight is 647 g/mol. The minimum absolute atomic E-state index is 0.0939. The van der Waals surface area contributed by atoms with Gasteiger partial charge >= 0.3 is 0 Å². The van der Waals surface area contributed by atoms with Crippen LogP contribution in [0.25, 0.3) is 16.7 Å². The molecule has 4 aromatic rings. The summed E-state index contributed by atoms with van der Waals surface area (Å²) in [5, 5.41) is 2.69. The van der Waals surface area contributed by atoms with Crippen molar-refractivity contribution in [3.8, 4) is 11.4 Å². The first-order valence-electron chi connectivity index (χ1n) is 16.6. The highest BCUT2D eigenvalue weighted by Crippen LogP contribution is 2.25. The van der Waals surface area contributed by atoms with E-state index in [1.54, 1.807) is 16.7 Å². The first-order chi connectivity index (χ1) is 22.5. The molecule has 2 aromatic carbocycles. The van der Waals surface area contributed by atoms with Crippen LogP contribution in [0.3, 0.4) is 0 Å². The SMILES string of the molecule is Cc1cc(OCCCCCCC[N+]2(C)CCCCC2)cc(-n2cc(C(=O)Nc3cc(F)cc(F)c3)c(=O)c3ccc(N(C)C)nc32)c1.